The summed E-state index contributed by atoms with van der Waals surface area (Å²) in [7, 11) is 0. The van der Waals surface area contributed by atoms with E-state index in [1.807, 2.05) is 13.8 Å². The molecule has 2 aliphatic heterocycles. The largest absolute Gasteiger partial charge is 0.389 e. The van der Waals surface area contributed by atoms with Crippen LogP contribution < -0.4 is 0 Å². The molecule has 1 N–H and O–H groups in total. The first-order chi connectivity index (χ1) is 11.0. The summed E-state index contributed by atoms with van der Waals surface area (Å²) < 4.78 is 5.46. The van der Waals surface area contributed by atoms with Crippen molar-refractivity contribution >= 4 is 5.91 Å². The minimum Gasteiger partial charge on any atom is -0.389 e. The molecule has 0 aromatic carbocycles. The molecular weight excluding hydrogens is 292 g/mol. The normalized spacial score (nSPS) is 25.8. The van der Waals surface area contributed by atoms with Crippen LogP contribution in [0.4, 0.5) is 0 Å². The number of hydrogen-bond acceptors (Lipinski definition) is 4. The maximum atomic E-state index is 12.6. The minimum atomic E-state index is -0.437. The number of hydrogen-bond donors (Lipinski definition) is 1. The van der Waals surface area contributed by atoms with Gasteiger partial charge in [0.2, 0.25) is 5.91 Å². The number of carbonyl (C=O) groups is 1. The second-order valence-electron chi connectivity index (χ2n) is 7.64. The molecule has 1 amide bonds. The van der Waals surface area contributed by atoms with E-state index in [4.69, 9.17) is 4.74 Å². The summed E-state index contributed by atoms with van der Waals surface area (Å²) in [4.78, 5) is 17.0. The second-order valence-corrected chi connectivity index (χ2v) is 7.64. The van der Waals surface area contributed by atoms with Gasteiger partial charge in [-0.25, -0.2) is 0 Å². The Morgan fingerprint density at radius 2 is 1.91 bits per heavy atom. The van der Waals surface area contributed by atoms with Crippen molar-refractivity contribution in [2.75, 3.05) is 39.3 Å². The number of aliphatic hydroxyl groups is 1. The summed E-state index contributed by atoms with van der Waals surface area (Å²) in [6.45, 7) is 10.9. The molecule has 2 rings (SSSR count). The van der Waals surface area contributed by atoms with Gasteiger partial charge in [0.1, 0.15) is 0 Å². The zero-order valence-electron chi connectivity index (χ0n) is 15.0. The highest BCUT2D eigenvalue weighted by Crippen LogP contribution is 2.23. The molecule has 0 spiro atoms. The molecular formula is C18H34N2O3. The SMILES string of the molecule is CC1CCCN(C(=O)C2CCN(CC(O)COC(C)C)CC2)C1. The molecule has 0 aliphatic carbocycles. The van der Waals surface area contributed by atoms with Crippen LogP contribution in [-0.4, -0.2) is 72.4 Å². The predicted molar refractivity (Wildman–Crippen MR) is 91.2 cm³/mol. The Morgan fingerprint density at radius 3 is 2.52 bits per heavy atom. The van der Waals surface area contributed by atoms with Crippen LogP contribution in [0.25, 0.3) is 0 Å². The average Bonchev–Trinajstić information content (AvgIpc) is 2.53. The highest BCUT2D eigenvalue weighted by Gasteiger charge is 2.30. The fourth-order valence-electron chi connectivity index (χ4n) is 3.66. The third kappa shape index (κ3) is 6.05. The van der Waals surface area contributed by atoms with Crippen molar-refractivity contribution in [2.45, 2.75) is 58.7 Å². The van der Waals surface area contributed by atoms with Gasteiger partial charge in [0.05, 0.1) is 18.8 Å². The highest BCUT2D eigenvalue weighted by atomic mass is 16.5. The summed E-state index contributed by atoms with van der Waals surface area (Å²) in [6.07, 6.45) is 3.95. The molecule has 0 radical (unpaired) electrons. The number of nitrogens with zero attached hydrogens (tertiary/aromatic N) is 2. The second kappa shape index (κ2) is 9.00. The van der Waals surface area contributed by atoms with Crippen LogP contribution in [0.1, 0.15) is 46.5 Å². The van der Waals surface area contributed by atoms with E-state index in [0.717, 1.165) is 45.4 Å². The number of carbonyl (C=O) groups excluding carboxylic acids is 1. The van der Waals surface area contributed by atoms with Gasteiger partial charge in [-0.3, -0.25) is 4.79 Å². The zero-order chi connectivity index (χ0) is 16.8. The van der Waals surface area contributed by atoms with Crippen LogP contribution in [-0.2, 0) is 9.53 Å². The van der Waals surface area contributed by atoms with Crippen molar-refractivity contribution in [3.05, 3.63) is 0 Å². The first-order valence-corrected chi connectivity index (χ1v) is 9.26. The van der Waals surface area contributed by atoms with Crippen LogP contribution in [0, 0.1) is 11.8 Å². The summed E-state index contributed by atoms with van der Waals surface area (Å²) >= 11 is 0. The van der Waals surface area contributed by atoms with Gasteiger partial charge in [0.15, 0.2) is 0 Å². The van der Waals surface area contributed by atoms with Gasteiger partial charge in [-0.1, -0.05) is 6.92 Å². The van der Waals surface area contributed by atoms with Crippen LogP contribution in [0.15, 0.2) is 0 Å². The van der Waals surface area contributed by atoms with Crippen molar-refractivity contribution < 1.29 is 14.6 Å². The number of aliphatic hydroxyl groups excluding tert-OH is 1. The van der Waals surface area contributed by atoms with E-state index >= 15 is 0 Å². The third-order valence-corrected chi connectivity index (χ3v) is 5.00. The van der Waals surface area contributed by atoms with E-state index in [1.165, 1.54) is 6.42 Å². The number of ether oxygens (including phenoxy) is 1. The first-order valence-electron chi connectivity index (χ1n) is 9.26. The highest BCUT2D eigenvalue weighted by molar-refractivity contribution is 5.79. The molecule has 0 bridgehead atoms. The molecule has 0 saturated carbocycles. The van der Waals surface area contributed by atoms with Gasteiger partial charge in [0.25, 0.3) is 0 Å². The maximum Gasteiger partial charge on any atom is 0.225 e. The molecule has 2 saturated heterocycles. The van der Waals surface area contributed by atoms with E-state index in [2.05, 4.69) is 16.7 Å². The van der Waals surface area contributed by atoms with Crippen LogP contribution >= 0.6 is 0 Å². The Bertz CT molecular complexity index is 367. The fourth-order valence-corrected chi connectivity index (χ4v) is 3.66. The van der Waals surface area contributed by atoms with E-state index in [9.17, 15) is 9.90 Å². The molecule has 2 fully saturated rings. The van der Waals surface area contributed by atoms with E-state index in [1.54, 1.807) is 0 Å². The fraction of sp³-hybridized carbons (Fsp3) is 0.944. The molecule has 2 unspecified atom stereocenters. The zero-order valence-corrected chi connectivity index (χ0v) is 15.0. The molecule has 0 aromatic rings. The molecule has 2 atom stereocenters. The van der Waals surface area contributed by atoms with Gasteiger partial charge in [-0.2, -0.15) is 0 Å². The van der Waals surface area contributed by atoms with E-state index < -0.39 is 6.10 Å². The first kappa shape index (κ1) is 18.7. The monoisotopic (exact) mass is 326 g/mol. The summed E-state index contributed by atoms with van der Waals surface area (Å²) in [5.74, 6) is 1.18. The smallest absolute Gasteiger partial charge is 0.225 e. The van der Waals surface area contributed by atoms with Gasteiger partial charge < -0.3 is 19.6 Å². The van der Waals surface area contributed by atoms with Gasteiger partial charge in [-0.05, 0) is 58.5 Å². The third-order valence-electron chi connectivity index (χ3n) is 5.00. The Kier molecular flexibility index (Phi) is 7.31. The van der Waals surface area contributed by atoms with Crippen molar-refractivity contribution in [2.24, 2.45) is 11.8 Å². The molecule has 134 valence electrons. The van der Waals surface area contributed by atoms with E-state index in [-0.39, 0.29) is 12.0 Å². The summed E-state index contributed by atoms with van der Waals surface area (Å²) in [6, 6.07) is 0. The Hall–Kier alpha value is -0.650. The summed E-state index contributed by atoms with van der Waals surface area (Å²) in [5.41, 5.74) is 0. The van der Waals surface area contributed by atoms with Crippen molar-refractivity contribution in [1.29, 1.82) is 0 Å². The van der Waals surface area contributed by atoms with Gasteiger partial charge >= 0.3 is 0 Å². The quantitative estimate of drug-likeness (QED) is 0.808. The molecule has 2 heterocycles. The number of likely N-dealkylation sites (tertiary alicyclic amines) is 2. The Balaban J connectivity index is 1.70. The Morgan fingerprint density at radius 1 is 1.22 bits per heavy atom. The molecule has 5 heteroatoms. The topological polar surface area (TPSA) is 53.0 Å². The van der Waals surface area contributed by atoms with Crippen molar-refractivity contribution in [3.8, 4) is 0 Å². The lowest BCUT2D eigenvalue weighted by atomic mass is 9.92. The van der Waals surface area contributed by atoms with Crippen LogP contribution in [0.2, 0.25) is 0 Å². The van der Waals surface area contributed by atoms with Gasteiger partial charge in [-0.15, -0.1) is 0 Å². The van der Waals surface area contributed by atoms with Crippen molar-refractivity contribution in [3.63, 3.8) is 0 Å². The molecule has 23 heavy (non-hydrogen) atoms. The number of amides is 1. The molecule has 2 aliphatic rings. The van der Waals surface area contributed by atoms with E-state index in [0.29, 0.717) is 25.0 Å². The number of rotatable bonds is 6. The minimum absolute atomic E-state index is 0.153. The lowest BCUT2D eigenvalue weighted by Gasteiger charge is -2.37. The standard InChI is InChI=1S/C18H34N2O3/c1-14(2)23-13-17(21)12-19-9-6-16(7-10-19)18(22)20-8-4-5-15(3)11-20/h14-17,21H,4-13H2,1-3H3. The number of piperidine rings is 2. The molecule has 5 nitrogen and oxygen atoms in total. The Labute approximate surface area is 141 Å². The maximum absolute atomic E-state index is 12.6. The average molecular weight is 326 g/mol. The number of β-amino-alcohol motifs (C(OH)–C–C–N with tert-alkyl or cyclic N) is 1. The van der Waals surface area contributed by atoms with Crippen LogP contribution in [0.5, 0.6) is 0 Å². The lowest BCUT2D eigenvalue weighted by molar-refractivity contribution is -0.139. The predicted octanol–water partition coefficient (Wildman–Crippen LogP) is 1.74. The van der Waals surface area contributed by atoms with Crippen LogP contribution in [0.3, 0.4) is 0 Å². The summed E-state index contributed by atoms with van der Waals surface area (Å²) in [5, 5.41) is 10.0. The lowest BCUT2D eigenvalue weighted by Crippen LogP contribution is -2.47. The van der Waals surface area contributed by atoms with Crippen molar-refractivity contribution in [1.82, 2.24) is 9.80 Å². The molecule has 0 aromatic heterocycles. The van der Waals surface area contributed by atoms with Gasteiger partial charge in [0, 0.05) is 25.6 Å².